The highest BCUT2D eigenvalue weighted by Crippen LogP contribution is 2.30. The van der Waals surface area contributed by atoms with E-state index >= 15 is 0 Å². The highest BCUT2D eigenvalue weighted by molar-refractivity contribution is 5.82. The van der Waals surface area contributed by atoms with Gasteiger partial charge in [-0.3, -0.25) is 4.90 Å². The van der Waals surface area contributed by atoms with E-state index in [0.29, 0.717) is 0 Å². The highest BCUT2D eigenvalue weighted by atomic mass is 16.7. The third kappa shape index (κ3) is 7.00. The first-order valence-electron chi connectivity index (χ1n) is 10.0. The number of amides is 1. The highest BCUT2D eigenvalue weighted by Gasteiger charge is 2.38. The fraction of sp³-hybridized carbons (Fsp3) is 0.478. The summed E-state index contributed by atoms with van der Waals surface area (Å²) < 4.78 is 22.5. The second-order valence-corrected chi connectivity index (χ2v) is 7.78. The fourth-order valence-electron chi connectivity index (χ4n) is 2.95. The van der Waals surface area contributed by atoms with Crippen LogP contribution >= 0.6 is 0 Å². The third-order valence-corrected chi connectivity index (χ3v) is 4.21. The summed E-state index contributed by atoms with van der Waals surface area (Å²) in [5.41, 5.74) is 0.188. The van der Waals surface area contributed by atoms with Gasteiger partial charge in [-0.2, -0.15) is 0 Å². The fourth-order valence-corrected chi connectivity index (χ4v) is 2.95. The van der Waals surface area contributed by atoms with Crippen LogP contribution in [0.5, 0.6) is 0 Å². The lowest BCUT2D eigenvalue weighted by Crippen LogP contribution is -2.54. The van der Waals surface area contributed by atoms with Crippen LogP contribution in [0.15, 0.2) is 55.1 Å². The van der Waals surface area contributed by atoms with E-state index in [1.807, 2.05) is 30.3 Å². The Balaban J connectivity index is 2.27. The number of carbonyl (C=O) groups excluding carboxylic acids is 2. The van der Waals surface area contributed by atoms with Crippen LogP contribution < -0.4 is 0 Å². The van der Waals surface area contributed by atoms with Gasteiger partial charge in [0.05, 0.1) is 19.3 Å². The topological polar surface area (TPSA) is 74.3 Å². The van der Waals surface area contributed by atoms with Crippen LogP contribution in [-0.2, 0) is 23.7 Å². The van der Waals surface area contributed by atoms with Gasteiger partial charge in [-0.15, -0.1) is 6.58 Å². The first-order chi connectivity index (χ1) is 14.2. The maximum Gasteiger partial charge on any atom is 0.411 e. The zero-order valence-corrected chi connectivity index (χ0v) is 18.1. The van der Waals surface area contributed by atoms with E-state index in [1.54, 1.807) is 39.8 Å². The monoisotopic (exact) mass is 417 g/mol. The van der Waals surface area contributed by atoms with Gasteiger partial charge in [-0.25, -0.2) is 9.59 Å². The molecule has 1 saturated heterocycles. The molecule has 1 amide bonds. The van der Waals surface area contributed by atoms with Gasteiger partial charge in [-0.1, -0.05) is 36.4 Å². The third-order valence-electron chi connectivity index (χ3n) is 4.21. The number of nitrogens with zero attached hydrogens (tertiary/aromatic N) is 1. The summed E-state index contributed by atoms with van der Waals surface area (Å²) in [5.74, 6) is -0.477. The molecule has 3 atom stereocenters. The van der Waals surface area contributed by atoms with Crippen molar-refractivity contribution in [2.24, 2.45) is 0 Å². The second kappa shape index (κ2) is 10.9. The minimum Gasteiger partial charge on any atom is -0.463 e. The number of ether oxygens (including phenoxy) is 4. The quantitative estimate of drug-likeness (QED) is 0.379. The predicted molar refractivity (Wildman–Crippen MR) is 113 cm³/mol. The summed E-state index contributed by atoms with van der Waals surface area (Å²) >= 11 is 0. The van der Waals surface area contributed by atoms with Gasteiger partial charge >= 0.3 is 12.1 Å². The smallest absolute Gasteiger partial charge is 0.411 e. The van der Waals surface area contributed by atoms with Crippen LogP contribution in [0.3, 0.4) is 0 Å². The maximum atomic E-state index is 12.8. The molecule has 1 aromatic rings. The molecular weight excluding hydrogens is 386 g/mol. The Labute approximate surface area is 178 Å². The molecule has 0 aromatic heterocycles. The van der Waals surface area contributed by atoms with Crippen LogP contribution in [0.1, 0.15) is 39.5 Å². The van der Waals surface area contributed by atoms with E-state index in [2.05, 4.69) is 6.58 Å². The standard InChI is InChI=1S/C23H31NO6/c1-6-15-24(22(26)30-23(3,4)5)18-16-28-21(17-11-9-8-10-12-17)29-19(18)13-14-20(25)27-7-2/h6,8-14,18-19,21H,1,7,15-16H2,2-5H3/b14-13+/t18-,19+,21-/m0/s1. The summed E-state index contributed by atoms with van der Waals surface area (Å²) in [4.78, 5) is 26.2. The molecule has 7 heteroatoms. The molecule has 30 heavy (non-hydrogen) atoms. The van der Waals surface area contributed by atoms with E-state index in [-0.39, 0.29) is 19.8 Å². The maximum absolute atomic E-state index is 12.8. The molecule has 0 radical (unpaired) electrons. The molecule has 1 aromatic carbocycles. The van der Waals surface area contributed by atoms with Crippen LogP contribution in [0.2, 0.25) is 0 Å². The van der Waals surface area contributed by atoms with Gasteiger partial charge in [0, 0.05) is 18.2 Å². The minimum absolute atomic E-state index is 0.199. The van der Waals surface area contributed by atoms with Crippen molar-refractivity contribution in [2.45, 2.75) is 51.7 Å². The van der Waals surface area contributed by atoms with Gasteiger partial charge in [0.1, 0.15) is 11.7 Å². The minimum atomic E-state index is -0.657. The van der Waals surface area contributed by atoms with Gasteiger partial charge in [0.2, 0.25) is 0 Å². The van der Waals surface area contributed by atoms with Gasteiger partial charge < -0.3 is 18.9 Å². The number of hydrogen-bond acceptors (Lipinski definition) is 6. The Hall–Kier alpha value is -2.64. The van der Waals surface area contributed by atoms with Gasteiger partial charge in [0.25, 0.3) is 0 Å². The van der Waals surface area contributed by atoms with Crippen LogP contribution in [0, 0.1) is 0 Å². The summed E-state index contributed by atoms with van der Waals surface area (Å²) in [6.45, 7) is 11.6. The zero-order chi connectivity index (χ0) is 22.1. The van der Waals surface area contributed by atoms with E-state index in [9.17, 15) is 9.59 Å². The number of benzene rings is 1. The molecule has 1 aliphatic heterocycles. The second-order valence-electron chi connectivity index (χ2n) is 7.78. The molecule has 0 spiro atoms. The predicted octanol–water partition coefficient (Wildman–Crippen LogP) is 4.01. The average molecular weight is 418 g/mol. The summed E-state index contributed by atoms with van der Waals surface area (Å²) in [6, 6.07) is 8.97. The van der Waals surface area contributed by atoms with Crippen molar-refractivity contribution in [1.29, 1.82) is 0 Å². The lowest BCUT2D eigenvalue weighted by Gasteiger charge is -2.41. The van der Waals surface area contributed by atoms with Crippen molar-refractivity contribution in [3.63, 3.8) is 0 Å². The Kier molecular flexibility index (Phi) is 8.62. The Bertz CT molecular complexity index is 740. The van der Waals surface area contributed by atoms with Crippen molar-refractivity contribution in [3.05, 3.63) is 60.7 Å². The van der Waals surface area contributed by atoms with Gasteiger partial charge in [-0.05, 0) is 33.8 Å². The van der Waals surface area contributed by atoms with Gasteiger partial charge in [0.15, 0.2) is 6.29 Å². The van der Waals surface area contributed by atoms with Crippen LogP contribution in [0.4, 0.5) is 4.79 Å². The normalized spacial score (nSPS) is 21.8. The molecule has 7 nitrogen and oxygen atoms in total. The van der Waals surface area contributed by atoms with E-state index in [1.165, 1.54) is 11.0 Å². The number of esters is 1. The van der Waals surface area contributed by atoms with Crippen LogP contribution in [0.25, 0.3) is 0 Å². The molecule has 164 valence electrons. The lowest BCUT2D eigenvalue weighted by atomic mass is 10.1. The number of hydrogen-bond donors (Lipinski definition) is 0. The van der Waals surface area contributed by atoms with E-state index < -0.39 is 36.1 Å². The molecule has 1 aliphatic rings. The van der Waals surface area contributed by atoms with Crippen molar-refractivity contribution < 1.29 is 28.5 Å². The molecule has 0 saturated carbocycles. The molecule has 2 rings (SSSR count). The number of rotatable bonds is 7. The van der Waals surface area contributed by atoms with Crippen molar-refractivity contribution >= 4 is 12.1 Å². The molecule has 1 heterocycles. The van der Waals surface area contributed by atoms with Crippen molar-refractivity contribution in [1.82, 2.24) is 4.90 Å². The molecule has 0 unspecified atom stereocenters. The van der Waals surface area contributed by atoms with E-state index in [0.717, 1.165) is 5.56 Å². The Morgan fingerprint density at radius 3 is 2.57 bits per heavy atom. The Morgan fingerprint density at radius 1 is 1.27 bits per heavy atom. The Morgan fingerprint density at radius 2 is 1.97 bits per heavy atom. The molecule has 0 aliphatic carbocycles. The van der Waals surface area contributed by atoms with Crippen molar-refractivity contribution in [2.75, 3.05) is 19.8 Å². The van der Waals surface area contributed by atoms with E-state index in [4.69, 9.17) is 18.9 Å². The summed E-state index contributed by atoms with van der Waals surface area (Å²) in [7, 11) is 0. The zero-order valence-electron chi connectivity index (χ0n) is 18.1. The van der Waals surface area contributed by atoms with Crippen molar-refractivity contribution in [3.8, 4) is 0 Å². The summed E-state index contributed by atoms with van der Waals surface area (Å²) in [6.07, 6.45) is 2.79. The largest absolute Gasteiger partial charge is 0.463 e. The summed E-state index contributed by atoms with van der Waals surface area (Å²) in [5, 5.41) is 0. The van der Waals surface area contributed by atoms with Crippen LogP contribution in [-0.4, -0.2) is 54.5 Å². The first-order valence-corrected chi connectivity index (χ1v) is 10.0. The SMILES string of the molecule is C=CCN(C(=O)OC(C)(C)C)[C@H]1CO[C@H](c2ccccc2)O[C@@H]1/C=C/C(=O)OCC. The molecule has 0 bridgehead atoms. The molecule has 0 N–H and O–H groups in total. The lowest BCUT2D eigenvalue weighted by molar-refractivity contribution is -0.229. The molecular formula is C23H31NO6. The number of carbonyl (C=O) groups is 2. The molecule has 1 fully saturated rings. The average Bonchev–Trinajstić information content (AvgIpc) is 2.70. The first kappa shape index (κ1) is 23.6.